The largest absolute Gasteiger partial charge is 0.352 e. The first-order valence-electron chi connectivity index (χ1n) is 7.60. The number of hydrogen-bond acceptors (Lipinski definition) is 1. The minimum Gasteiger partial charge on any atom is -0.352 e. The van der Waals surface area contributed by atoms with Gasteiger partial charge in [-0.15, -0.1) is 0 Å². The molecule has 0 aliphatic heterocycles. The van der Waals surface area contributed by atoms with Crippen molar-refractivity contribution in [3.8, 4) is 0 Å². The van der Waals surface area contributed by atoms with Gasteiger partial charge >= 0.3 is 0 Å². The third-order valence-electron chi connectivity index (χ3n) is 4.31. The van der Waals surface area contributed by atoms with E-state index >= 15 is 0 Å². The van der Waals surface area contributed by atoms with E-state index in [2.05, 4.69) is 5.32 Å². The van der Waals surface area contributed by atoms with E-state index in [0.29, 0.717) is 5.92 Å². The summed E-state index contributed by atoms with van der Waals surface area (Å²) in [5.74, 6) is 0.732. The van der Waals surface area contributed by atoms with Gasteiger partial charge in [0, 0.05) is 12.1 Å². The van der Waals surface area contributed by atoms with Gasteiger partial charge in [0.1, 0.15) is 0 Å². The maximum Gasteiger partial charge on any atom is 0.251 e. The van der Waals surface area contributed by atoms with E-state index in [1.54, 1.807) is 0 Å². The Kier molecular flexibility index (Phi) is 4.00. The second kappa shape index (κ2) is 6.08. The van der Waals surface area contributed by atoms with E-state index in [-0.39, 0.29) is 5.91 Å². The number of benzene rings is 2. The van der Waals surface area contributed by atoms with Gasteiger partial charge in [0.2, 0.25) is 0 Å². The average molecular weight is 267 g/mol. The highest BCUT2D eigenvalue weighted by atomic mass is 16.1. The molecule has 1 fully saturated rings. The molecule has 2 aromatic rings. The van der Waals surface area contributed by atoms with Crippen LogP contribution in [-0.2, 0) is 0 Å². The Balaban J connectivity index is 1.72. The van der Waals surface area contributed by atoms with Crippen LogP contribution < -0.4 is 5.32 Å². The van der Waals surface area contributed by atoms with Gasteiger partial charge in [0.15, 0.2) is 0 Å². The molecule has 0 radical (unpaired) electrons. The first-order valence-corrected chi connectivity index (χ1v) is 7.60. The number of nitrogens with one attached hydrogen (secondary N) is 1. The van der Waals surface area contributed by atoms with Gasteiger partial charge in [0.05, 0.1) is 0 Å². The lowest BCUT2D eigenvalue weighted by molar-refractivity contribution is 0.0945. The number of fused-ring (bicyclic) bond motifs is 1. The summed E-state index contributed by atoms with van der Waals surface area (Å²) in [7, 11) is 0. The fourth-order valence-electron chi connectivity index (χ4n) is 3.15. The molecule has 2 aromatic carbocycles. The van der Waals surface area contributed by atoms with Crippen molar-refractivity contribution in [3.63, 3.8) is 0 Å². The molecule has 0 aromatic heterocycles. The third kappa shape index (κ3) is 2.84. The fourth-order valence-corrected chi connectivity index (χ4v) is 3.15. The van der Waals surface area contributed by atoms with Gasteiger partial charge in [-0.3, -0.25) is 4.79 Å². The lowest BCUT2D eigenvalue weighted by Gasteiger charge is -2.21. The van der Waals surface area contributed by atoms with Crippen molar-refractivity contribution < 1.29 is 4.79 Å². The molecule has 104 valence electrons. The second-order valence-corrected chi connectivity index (χ2v) is 5.74. The molecule has 1 aliphatic carbocycles. The van der Waals surface area contributed by atoms with Crippen molar-refractivity contribution in [3.05, 3.63) is 48.0 Å². The minimum atomic E-state index is 0.0624. The molecule has 2 heteroatoms. The molecule has 1 N–H and O–H groups in total. The summed E-state index contributed by atoms with van der Waals surface area (Å²) in [6.07, 6.45) is 6.50. The Bertz CT molecular complexity index is 594. The quantitative estimate of drug-likeness (QED) is 0.889. The summed E-state index contributed by atoms with van der Waals surface area (Å²) >= 11 is 0. The molecule has 0 saturated heterocycles. The summed E-state index contributed by atoms with van der Waals surface area (Å²) in [4.78, 5) is 12.4. The van der Waals surface area contributed by atoms with Gasteiger partial charge in [-0.05, 0) is 35.6 Å². The maximum atomic E-state index is 12.4. The summed E-state index contributed by atoms with van der Waals surface area (Å²) in [6.45, 7) is 0.821. The molecule has 20 heavy (non-hydrogen) atoms. The summed E-state index contributed by atoms with van der Waals surface area (Å²) < 4.78 is 0. The maximum absolute atomic E-state index is 12.4. The smallest absolute Gasteiger partial charge is 0.251 e. The van der Waals surface area contributed by atoms with Crippen molar-refractivity contribution in [2.75, 3.05) is 6.54 Å². The molecule has 0 bridgehead atoms. The van der Waals surface area contributed by atoms with Gasteiger partial charge in [-0.25, -0.2) is 0 Å². The van der Waals surface area contributed by atoms with Crippen molar-refractivity contribution in [1.29, 1.82) is 0 Å². The van der Waals surface area contributed by atoms with Gasteiger partial charge < -0.3 is 5.32 Å². The number of carbonyl (C=O) groups excluding carboxylic acids is 1. The van der Waals surface area contributed by atoms with Crippen molar-refractivity contribution in [1.82, 2.24) is 5.32 Å². The van der Waals surface area contributed by atoms with Crippen molar-refractivity contribution in [2.24, 2.45) is 5.92 Å². The standard InChI is InChI=1S/C18H21NO/c20-18(19-13-14-7-2-1-3-8-14)17-12-6-10-15-9-4-5-11-16(15)17/h4-6,9-12,14H,1-3,7-8,13H2,(H,19,20). The normalized spacial score (nSPS) is 16.2. The van der Waals surface area contributed by atoms with Crippen LogP contribution in [0, 0.1) is 5.92 Å². The lowest BCUT2D eigenvalue weighted by Crippen LogP contribution is -2.30. The third-order valence-corrected chi connectivity index (χ3v) is 4.31. The van der Waals surface area contributed by atoms with E-state index in [1.807, 2.05) is 42.5 Å². The number of hydrogen-bond donors (Lipinski definition) is 1. The molecular formula is C18H21NO. The first-order chi connectivity index (χ1) is 9.84. The predicted octanol–water partition coefficient (Wildman–Crippen LogP) is 4.15. The SMILES string of the molecule is O=C(NCC1CCCCC1)c1cccc2ccccc12. The highest BCUT2D eigenvalue weighted by Gasteiger charge is 2.15. The monoisotopic (exact) mass is 267 g/mol. The van der Waals surface area contributed by atoms with E-state index in [9.17, 15) is 4.79 Å². The fraction of sp³-hybridized carbons (Fsp3) is 0.389. The minimum absolute atomic E-state index is 0.0624. The summed E-state index contributed by atoms with van der Waals surface area (Å²) in [6, 6.07) is 14.0. The van der Waals surface area contributed by atoms with Crippen molar-refractivity contribution in [2.45, 2.75) is 32.1 Å². The lowest BCUT2D eigenvalue weighted by atomic mass is 9.89. The van der Waals surface area contributed by atoms with Crippen LogP contribution >= 0.6 is 0 Å². The van der Waals surface area contributed by atoms with Crippen LogP contribution in [0.4, 0.5) is 0 Å². The average Bonchev–Trinajstić information content (AvgIpc) is 2.53. The summed E-state index contributed by atoms with van der Waals surface area (Å²) in [5.41, 5.74) is 0.791. The van der Waals surface area contributed by atoms with Gasteiger partial charge in [-0.1, -0.05) is 55.7 Å². The van der Waals surface area contributed by atoms with Crippen molar-refractivity contribution >= 4 is 16.7 Å². The van der Waals surface area contributed by atoms with Crippen LogP contribution in [0.15, 0.2) is 42.5 Å². The van der Waals surface area contributed by atoms with Crippen LogP contribution in [0.25, 0.3) is 10.8 Å². The summed E-state index contributed by atoms with van der Waals surface area (Å²) in [5, 5.41) is 5.28. The predicted molar refractivity (Wildman–Crippen MR) is 82.9 cm³/mol. The number of amides is 1. The van der Waals surface area contributed by atoms with Crippen LogP contribution in [0.5, 0.6) is 0 Å². The topological polar surface area (TPSA) is 29.1 Å². The molecule has 1 aliphatic rings. The van der Waals surface area contributed by atoms with Crippen LogP contribution in [0.3, 0.4) is 0 Å². The Labute approximate surface area is 120 Å². The Morgan fingerprint density at radius 3 is 2.60 bits per heavy atom. The molecule has 2 nitrogen and oxygen atoms in total. The molecule has 1 saturated carbocycles. The Morgan fingerprint density at radius 2 is 1.75 bits per heavy atom. The van der Waals surface area contributed by atoms with Crippen LogP contribution in [0.2, 0.25) is 0 Å². The van der Waals surface area contributed by atoms with Gasteiger partial charge in [-0.2, -0.15) is 0 Å². The molecule has 0 atom stereocenters. The zero-order chi connectivity index (χ0) is 13.8. The Morgan fingerprint density at radius 1 is 1.00 bits per heavy atom. The molecule has 0 heterocycles. The van der Waals surface area contributed by atoms with Crippen LogP contribution in [0.1, 0.15) is 42.5 Å². The van der Waals surface area contributed by atoms with E-state index in [4.69, 9.17) is 0 Å². The van der Waals surface area contributed by atoms with E-state index in [0.717, 1.165) is 22.9 Å². The zero-order valence-electron chi connectivity index (χ0n) is 11.8. The number of carbonyl (C=O) groups is 1. The second-order valence-electron chi connectivity index (χ2n) is 5.74. The van der Waals surface area contributed by atoms with E-state index < -0.39 is 0 Å². The van der Waals surface area contributed by atoms with Gasteiger partial charge in [0.25, 0.3) is 5.91 Å². The highest BCUT2D eigenvalue weighted by Crippen LogP contribution is 2.23. The number of rotatable bonds is 3. The molecule has 0 spiro atoms. The Hall–Kier alpha value is -1.83. The zero-order valence-corrected chi connectivity index (χ0v) is 11.8. The molecule has 1 amide bonds. The highest BCUT2D eigenvalue weighted by molar-refractivity contribution is 6.06. The van der Waals surface area contributed by atoms with Crippen LogP contribution in [-0.4, -0.2) is 12.5 Å². The molecule has 3 rings (SSSR count). The van der Waals surface area contributed by atoms with E-state index in [1.165, 1.54) is 32.1 Å². The molecular weight excluding hydrogens is 246 g/mol. The first kappa shape index (κ1) is 13.2. The molecule has 0 unspecified atom stereocenters.